The van der Waals surface area contributed by atoms with Gasteiger partial charge in [0.2, 0.25) is 5.91 Å². The predicted octanol–water partition coefficient (Wildman–Crippen LogP) is -2.79. The van der Waals surface area contributed by atoms with Gasteiger partial charge in [0.25, 0.3) is 0 Å². The molecule has 0 fully saturated rings. The Morgan fingerprint density at radius 1 is 1.69 bits per heavy atom. The largest absolute Gasteiger partial charge is 0.394 e. The fraction of sp³-hybridized carbons (Fsp3) is 0.625. The fourth-order valence-corrected chi connectivity index (χ4v) is 1.07. The lowest BCUT2D eigenvalue weighted by Gasteiger charge is -2.06. The van der Waals surface area contributed by atoms with Crippen LogP contribution >= 0.6 is 0 Å². The molecule has 90 valence electrons. The molecule has 1 atom stereocenters. The number of carbonyl (C=O) groups excluding carboxylic acids is 1. The van der Waals surface area contributed by atoms with Crippen LogP contribution in [0.25, 0.3) is 0 Å². The molecular weight excluding hydrogens is 214 g/mol. The molecule has 0 bridgehead atoms. The highest BCUT2D eigenvalue weighted by Crippen LogP contribution is 1.92. The van der Waals surface area contributed by atoms with Crippen LogP contribution in [0.4, 0.5) is 0 Å². The molecule has 1 heterocycles. The fourth-order valence-electron chi connectivity index (χ4n) is 1.07. The van der Waals surface area contributed by atoms with Crippen molar-refractivity contribution in [3.8, 4) is 0 Å². The third kappa shape index (κ3) is 3.93. The molecule has 5 N–H and O–H groups in total. The van der Waals surface area contributed by atoms with Crippen molar-refractivity contribution in [3.05, 3.63) is 11.9 Å². The molecule has 0 saturated carbocycles. The lowest BCUT2D eigenvalue weighted by molar-refractivity contribution is -0.125. The normalized spacial score (nSPS) is 12.6. The van der Waals surface area contributed by atoms with Gasteiger partial charge in [-0.05, 0) is 0 Å². The maximum atomic E-state index is 10.5. The summed E-state index contributed by atoms with van der Waals surface area (Å²) in [6, 6.07) is 0. The number of hydrogen-bond donors (Lipinski definition) is 4. The van der Waals surface area contributed by atoms with Crippen LogP contribution in [0.1, 0.15) is 5.69 Å². The maximum Gasteiger partial charge on any atom is 0.247 e. The molecule has 1 unspecified atom stereocenters. The van der Waals surface area contributed by atoms with Gasteiger partial charge >= 0.3 is 0 Å². The van der Waals surface area contributed by atoms with Crippen molar-refractivity contribution in [1.82, 2.24) is 20.3 Å². The lowest BCUT2D eigenvalue weighted by Crippen LogP contribution is -2.37. The average molecular weight is 229 g/mol. The standard InChI is InChI=1S/C8H15N5O3/c9-8(16)7(15)4-10-3-6-5-13(1-2-14)12-11-6/h5,7,10,14-15H,1-4H2,(H2,9,16). The smallest absolute Gasteiger partial charge is 0.247 e. The number of nitrogens with one attached hydrogen (secondary N) is 1. The number of carbonyl (C=O) groups is 1. The van der Waals surface area contributed by atoms with E-state index < -0.39 is 12.0 Å². The molecule has 0 aliphatic heterocycles. The summed E-state index contributed by atoms with van der Waals surface area (Å²) in [4.78, 5) is 10.5. The molecule has 0 spiro atoms. The second-order valence-corrected chi connectivity index (χ2v) is 3.25. The summed E-state index contributed by atoms with van der Waals surface area (Å²) >= 11 is 0. The van der Waals surface area contributed by atoms with E-state index in [9.17, 15) is 4.79 Å². The Balaban J connectivity index is 2.29. The van der Waals surface area contributed by atoms with Crippen LogP contribution in [-0.4, -0.2) is 50.4 Å². The van der Waals surface area contributed by atoms with E-state index in [4.69, 9.17) is 15.9 Å². The Bertz CT molecular complexity index is 340. The van der Waals surface area contributed by atoms with Gasteiger partial charge < -0.3 is 21.3 Å². The Labute approximate surface area is 92.1 Å². The van der Waals surface area contributed by atoms with Crippen molar-refractivity contribution in [2.45, 2.75) is 19.2 Å². The van der Waals surface area contributed by atoms with Gasteiger partial charge in [0.15, 0.2) is 0 Å². The first-order chi connectivity index (χ1) is 7.63. The topological polar surface area (TPSA) is 126 Å². The second kappa shape index (κ2) is 6.16. The maximum absolute atomic E-state index is 10.5. The van der Waals surface area contributed by atoms with E-state index in [1.165, 1.54) is 4.68 Å². The van der Waals surface area contributed by atoms with E-state index in [2.05, 4.69) is 15.6 Å². The first-order valence-corrected chi connectivity index (χ1v) is 4.81. The first kappa shape index (κ1) is 12.6. The highest BCUT2D eigenvalue weighted by molar-refractivity contribution is 5.78. The monoisotopic (exact) mass is 229 g/mol. The Morgan fingerprint density at radius 2 is 2.44 bits per heavy atom. The van der Waals surface area contributed by atoms with Gasteiger partial charge in [-0.3, -0.25) is 4.79 Å². The second-order valence-electron chi connectivity index (χ2n) is 3.25. The molecule has 1 amide bonds. The zero-order valence-corrected chi connectivity index (χ0v) is 8.70. The van der Waals surface area contributed by atoms with Crippen LogP contribution in [0.5, 0.6) is 0 Å². The van der Waals surface area contributed by atoms with Gasteiger partial charge in [-0.25, -0.2) is 4.68 Å². The minimum atomic E-state index is -1.20. The van der Waals surface area contributed by atoms with Gasteiger partial charge in [-0.2, -0.15) is 0 Å². The number of rotatable bonds is 7. The molecule has 0 aromatic carbocycles. The predicted molar refractivity (Wildman–Crippen MR) is 54.0 cm³/mol. The van der Waals surface area contributed by atoms with Gasteiger partial charge in [0, 0.05) is 19.3 Å². The SMILES string of the molecule is NC(=O)C(O)CNCc1cn(CCO)nn1. The van der Waals surface area contributed by atoms with Crippen LogP contribution in [0.3, 0.4) is 0 Å². The molecule has 0 aliphatic carbocycles. The highest BCUT2D eigenvalue weighted by atomic mass is 16.3. The number of nitrogens with zero attached hydrogens (tertiary/aromatic N) is 3. The van der Waals surface area contributed by atoms with E-state index in [0.29, 0.717) is 18.8 Å². The summed E-state index contributed by atoms with van der Waals surface area (Å²) in [5.74, 6) is -0.767. The summed E-state index contributed by atoms with van der Waals surface area (Å²) < 4.78 is 1.50. The number of hydrogen-bond acceptors (Lipinski definition) is 6. The van der Waals surface area contributed by atoms with E-state index >= 15 is 0 Å². The van der Waals surface area contributed by atoms with Crippen LogP contribution in [0, 0.1) is 0 Å². The Hall–Kier alpha value is -1.51. The van der Waals surface area contributed by atoms with Gasteiger partial charge in [-0.1, -0.05) is 5.21 Å². The van der Waals surface area contributed by atoms with E-state index in [0.717, 1.165) is 0 Å². The Kier molecular flexibility index (Phi) is 4.83. The number of aromatic nitrogens is 3. The molecule has 16 heavy (non-hydrogen) atoms. The third-order valence-electron chi connectivity index (χ3n) is 1.89. The first-order valence-electron chi connectivity index (χ1n) is 4.81. The molecule has 8 heteroatoms. The van der Waals surface area contributed by atoms with Gasteiger partial charge in [0.05, 0.1) is 18.8 Å². The summed E-state index contributed by atoms with van der Waals surface area (Å²) in [5.41, 5.74) is 5.53. The van der Waals surface area contributed by atoms with Crippen LogP contribution in [0.15, 0.2) is 6.20 Å². The van der Waals surface area contributed by atoms with Crippen LogP contribution in [-0.2, 0) is 17.9 Å². The van der Waals surface area contributed by atoms with Crippen LogP contribution in [0.2, 0.25) is 0 Å². The highest BCUT2D eigenvalue weighted by Gasteiger charge is 2.09. The minimum absolute atomic E-state index is 0.00336. The molecular formula is C8H15N5O3. The molecule has 1 aromatic rings. The van der Waals surface area contributed by atoms with Gasteiger partial charge in [-0.15, -0.1) is 5.10 Å². The van der Waals surface area contributed by atoms with Crippen molar-refractivity contribution in [3.63, 3.8) is 0 Å². The molecule has 1 aromatic heterocycles. The van der Waals surface area contributed by atoms with Crippen molar-refractivity contribution >= 4 is 5.91 Å². The summed E-state index contributed by atoms with van der Waals surface area (Å²) in [5, 5.41) is 28.1. The molecule has 0 radical (unpaired) electrons. The third-order valence-corrected chi connectivity index (χ3v) is 1.89. The quantitative estimate of drug-likeness (QED) is 0.400. The van der Waals surface area contributed by atoms with Crippen LogP contribution < -0.4 is 11.1 Å². The number of aliphatic hydroxyl groups is 2. The Morgan fingerprint density at radius 3 is 3.06 bits per heavy atom. The van der Waals surface area contributed by atoms with Gasteiger partial charge in [0.1, 0.15) is 6.10 Å². The van der Waals surface area contributed by atoms with Crippen molar-refractivity contribution < 1.29 is 15.0 Å². The van der Waals surface area contributed by atoms with E-state index in [1.807, 2.05) is 0 Å². The van der Waals surface area contributed by atoms with Crippen molar-refractivity contribution in [2.24, 2.45) is 5.73 Å². The number of primary amides is 1. The summed E-state index contributed by atoms with van der Waals surface area (Å²) in [7, 11) is 0. The van der Waals surface area contributed by atoms with E-state index in [1.54, 1.807) is 6.20 Å². The zero-order valence-electron chi connectivity index (χ0n) is 8.70. The summed E-state index contributed by atoms with van der Waals surface area (Å²) in [6.07, 6.45) is 0.465. The molecule has 0 saturated heterocycles. The molecule has 8 nitrogen and oxygen atoms in total. The lowest BCUT2D eigenvalue weighted by atomic mass is 10.3. The number of aliphatic hydroxyl groups excluding tert-OH is 2. The van der Waals surface area contributed by atoms with Crippen molar-refractivity contribution in [2.75, 3.05) is 13.2 Å². The molecule has 1 rings (SSSR count). The average Bonchev–Trinajstić information content (AvgIpc) is 2.66. The minimum Gasteiger partial charge on any atom is -0.394 e. The number of amides is 1. The number of nitrogens with two attached hydrogens (primary N) is 1. The van der Waals surface area contributed by atoms with E-state index in [-0.39, 0.29) is 13.2 Å². The van der Waals surface area contributed by atoms with Crippen molar-refractivity contribution in [1.29, 1.82) is 0 Å². The summed E-state index contributed by atoms with van der Waals surface area (Å²) in [6.45, 7) is 0.825. The molecule has 0 aliphatic rings. The zero-order chi connectivity index (χ0) is 12.0.